The normalized spacial score (nSPS) is 9.90. The fourth-order valence-corrected chi connectivity index (χ4v) is 1.17. The quantitative estimate of drug-likeness (QED) is 0.528. The highest BCUT2D eigenvalue weighted by atomic mass is 79.9. The van der Waals surface area contributed by atoms with Crippen LogP contribution in [0.25, 0.3) is 0 Å². The number of aromatic nitrogens is 1. The molecule has 0 aliphatic rings. The van der Waals surface area contributed by atoms with Crippen molar-refractivity contribution in [1.29, 1.82) is 0 Å². The van der Waals surface area contributed by atoms with E-state index in [1.807, 2.05) is 0 Å². The topological polar surface area (TPSA) is 12.9 Å². The number of halogens is 3. The summed E-state index contributed by atoms with van der Waals surface area (Å²) in [6.07, 6.45) is 0. The van der Waals surface area contributed by atoms with Gasteiger partial charge in [0.2, 0.25) is 0 Å². The van der Waals surface area contributed by atoms with E-state index >= 15 is 0 Å². The van der Waals surface area contributed by atoms with Gasteiger partial charge in [-0.15, -0.1) is 11.6 Å². The van der Waals surface area contributed by atoms with Gasteiger partial charge in [-0.05, 0) is 22.0 Å². The van der Waals surface area contributed by atoms with Crippen LogP contribution in [0, 0.1) is 5.82 Å². The van der Waals surface area contributed by atoms with E-state index in [2.05, 4.69) is 20.9 Å². The smallest absolute Gasteiger partial charge is 0.127 e. The second-order valence-corrected chi connectivity index (χ2v) is 2.81. The van der Waals surface area contributed by atoms with Crippen LogP contribution in [0.2, 0.25) is 0 Å². The number of hydrogen-bond acceptors (Lipinski definition) is 1. The highest BCUT2D eigenvalue weighted by Crippen LogP contribution is 2.11. The Labute approximate surface area is 71.4 Å². The largest absolute Gasteiger partial charge is 0.244 e. The first kappa shape index (κ1) is 7.95. The fourth-order valence-electron chi connectivity index (χ4n) is 0.585. The third-order valence-corrected chi connectivity index (χ3v) is 1.63. The van der Waals surface area contributed by atoms with Crippen LogP contribution in [0.4, 0.5) is 4.39 Å². The molecule has 0 amide bonds. The summed E-state index contributed by atoms with van der Waals surface area (Å²) in [4.78, 5) is 3.90. The van der Waals surface area contributed by atoms with Gasteiger partial charge in [-0.25, -0.2) is 9.37 Å². The first-order chi connectivity index (χ1) is 4.72. The van der Waals surface area contributed by atoms with Crippen LogP contribution in [-0.4, -0.2) is 4.98 Å². The Kier molecular flexibility index (Phi) is 2.63. The lowest BCUT2D eigenvalue weighted by Gasteiger charge is -1.94. The van der Waals surface area contributed by atoms with E-state index in [0.29, 0.717) is 10.3 Å². The van der Waals surface area contributed by atoms with Crippen molar-refractivity contribution in [1.82, 2.24) is 4.98 Å². The van der Waals surface area contributed by atoms with Gasteiger partial charge in [-0.3, -0.25) is 0 Å². The van der Waals surface area contributed by atoms with Gasteiger partial charge in [-0.1, -0.05) is 0 Å². The first-order valence-electron chi connectivity index (χ1n) is 2.60. The maximum Gasteiger partial charge on any atom is 0.127 e. The van der Waals surface area contributed by atoms with Gasteiger partial charge < -0.3 is 0 Å². The number of pyridine rings is 1. The predicted octanol–water partition coefficient (Wildman–Crippen LogP) is 2.72. The molecule has 0 atom stereocenters. The Hall–Kier alpha value is -0.150. The number of hydrogen-bond donors (Lipinski definition) is 0. The van der Waals surface area contributed by atoms with Crippen molar-refractivity contribution in [3.05, 3.63) is 28.2 Å². The van der Waals surface area contributed by atoms with Crippen molar-refractivity contribution in [3.63, 3.8) is 0 Å². The summed E-state index contributed by atoms with van der Waals surface area (Å²) in [5.74, 6) is -0.0892. The van der Waals surface area contributed by atoms with Crippen molar-refractivity contribution >= 4 is 27.5 Å². The van der Waals surface area contributed by atoms with E-state index in [1.54, 1.807) is 0 Å². The van der Waals surface area contributed by atoms with Gasteiger partial charge in [0.1, 0.15) is 10.4 Å². The summed E-state index contributed by atoms with van der Waals surface area (Å²) in [7, 11) is 0. The average molecular weight is 224 g/mol. The molecule has 1 nitrogen and oxygen atoms in total. The zero-order valence-electron chi connectivity index (χ0n) is 4.94. The molecule has 1 heterocycles. The molecule has 0 spiro atoms. The Morgan fingerprint density at radius 1 is 1.60 bits per heavy atom. The summed E-state index contributed by atoms with van der Waals surface area (Å²) in [5, 5.41) is 0. The molecule has 0 aliphatic heterocycles. The highest BCUT2D eigenvalue weighted by Gasteiger charge is 1.97. The second kappa shape index (κ2) is 3.30. The molecule has 0 unspecified atom stereocenters. The zero-order valence-corrected chi connectivity index (χ0v) is 7.28. The Morgan fingerprint density at radius 2 is 2.30 bits per heavy atom. The van der Waals surface area contributed by atoms with Gasteiger partial charge in [0, 0.05) is 6.07 Å². The molecule has 0 radical (unpaired) electrons. The van der Waals surface area contributed by atoms with Crippen molar-refractivity contribution < 1.29 is 4.39 Å². The third kappa shape index (κ3) is 1.92. The molecule has 0 saturated carbocycles. The minimum absolute atomic E-state index is 0.232. The SMILES string of the molecule is Fc1cc(Br)nc(CCl)c1. The summed E-state index contributed by atoms with van der Waals surface area (Å²) in [6.45, 7) is 0. The molecule has 0 N–H and O–H groups in total. The molecule has 1 aromatic rings. The minimum Gasteiger partial charge on any atom is -0.244 e. The van der Waals surface area contributed by atoms with Gasteiger partial charge in [-0.2, -0.15) is 0 Å². The zero-order chi connectivity index (χ0) is 7.56. The number of nitrogens with zero attached hydrogens (tertiary/aromatic N) is 1. The lowest BCUT2D eigenvalue weighted by molar-refractivity contribution is 0.622. The average Bonchev–Trinajstić information content (AvgIpc) is 1.85. The molecule has 54 valence electrons. The maximum absolute atomic E-state index is 12.5. The molecule has 0 bridgehead atoms. The molecular weight excluding hydrogens is 220 g/mol. The van der Waals surface area contributed by atoms with E-state index in [0.717, 1.165) is 0 Å². The van der Waals surface area contributed by atoms with Crippen LogP contribution in [0.3, 0.4) is 0 Å². The molecule has 10 heavy (non-hydrogen) atoms. The third-order valence-electron chi connectivity index (χ3n) is 0.949. The molecular formula is C6H4BrClFN. The standard InChI is InChI=1S/C6H4BrClFN/c7-6-2-4(9)1-5(3-8)10-6/h1-2H,3H2. The van der Waals surface area contributed by atoms with Crippen LogP contribution in [-0.2, 0) is 5.88 Å². The van der Waals surface area contributed by atoms with Crippen LogP contribution in [0.1, 0.15) is 5.69 Å². The van der Waals surface area contributed by atoms with E-state index in [9.17, 15) is 4.39 Å². The highest BCUT2D eigenvalue weighted by molar-refractivity contribution is 9.10. The Bertz CT molecular complexity index is 221. The summed E-state index contributed by atoms with van der Waals surface area (Å²) < 4.78 is 13.0. The van der Waals surface area contributed by atoms with Crippen molar-refractivity contribution in [2.45, 2.75) is 5.88 Å². The molecule has 1 rings (SSSR count). The lowest BCUT2D eigenvalue weighted by atomic mass is 10.4. The van der Waals surface area contributed by atoms with Gasteiger partial charge in [0.25, 0.3) is 0 Å². The Balaban J connectivity index is 3.06. The monoisotopic (exact) mass is 223 g/mol. The van der Waals surface area contributed by atoms with E-state index in [1.165, 1.54) is 12.1 Å². The predicted molar refractivity (Wildman–Crippen MR) is 41.5 cm³/mol. The van der Waals surface area contributed by atoms with Crippen LogP contribution < -0.4 is 0 Å². The number of rotatable bonds is 1. The molecule has 1 aromatic heterocycles. The molecule has 0 aliphatic carbocycles. The minimum atomic E-state index is -0.322. The summed E-state index contributed by atoms with van der Waals surface area (Å²) in [6, 6.07) is 2.59. The summed E-state index contributed by atoms with van der Waals surface area (Å²) >= 11 is 8.46. The van der Waals surface area contributed by atoms with Crippen molar-refractivity contribution in [2.75, 3.05) is 0 Å². The van der Waals surface area contributed by atoms with Crippen LogP contribution >= 0.6 is 27.5 Å². The van der Waals surface area contributed by atoms with E-state index in [4.69, 9.17) is 11.6 Å². The van der Waals surface area contributed by atoms with Gasteiger partial charge >= 0.3 is 0 Å². The molecule has 0 saturated heterocycles. The molecule has 0 aromatic carbocycles. The lowest BCUT2D eigenvalue weighted by Crippen LogP contribution is -1.87. The molecule has 0 fully saturated rings. The van der Waals surface area contributed by atoms with E-state index < -0.39 is 0 Å². The Morgan fingerprint density at radius 3 is 2.80 bits per heavy atom. The van der Waals surface area contributed by atoms with Gasteiger partial charge in [0.15, 0.2) is 0 Å². The summed E-state index contributed by atoms with van der Waals surface area (Å²) in [5.41, 5.74) is 0.536. The fraction of sp³-hybridized carbons (Fsp3) is 0.167. The van der Waals surface area contributed by atoms with Crippen LogP contribution in [0.15, 0.2) is 16.7 Å². The molecule has 4 heteroatoms. The first-order valence-corrected chi connectivity index (χ1v) is 3.93. The number of alkyl halides is 1. The van der Waals surface area contributed by atoms with Crippen LogP contribution in [0.5, 0.6) is 0 Å². The maximum atomic E-state index is 12.5. The van der Waals surface area contributed by atoms with Gasteiger partial charge in [0.05, 0.1) is 11.6 Å². The van der Waals surface area contributed by atoms with Crippen molar-refractivity contribution in [2.24, 2.45) is 0 Å². The van der Waals surface area contributed by atoms with Crippen molar-refractivity contribution in [3.8, 4) is 0 Å². The second-order valence-electron chi connectivity index (χ2n) is 1.73. The van der Waals surface area contributed by atoms with E-state index in [-0.39, 0.29) is 11.7 Å².